The van der Waals surface area contributed by atoms with Crippen LogP contribution in [0.3, 0.4) is 0 Å². The van der Waals surface area contributed by atoms with Crippen molar-refractivity contribution in [2.75, 3.05) is 11.5 Å². The summed E-state index contributed by atoms with van der Waals surface area (Å²) in [7, 11) is 0. The fourth-order valence-corrected chi connectivity index (χ4v) is 2.71. The summed E-state index contributed by atoms with van der Waals surface area (Å²) in [5, 5.41) is 19.3. The minimum absolute atomic E-state index is 0.0252. The molecule has 0 aromatic heterocycles. The molecule has 0 saturated carbocycles. The van der Waals surface area contributed by atoms with Crippen LogP contribution in [0.5, 0.6) is 5.75 Å². The van der Waals surface area contributed by atoms with Gasteiger partial charge < -0.3 is 14.9 Å². The first kappa shape index (κ1) is 18.6. The van der Waals surface area contributed by atoms with Gasteiger partial charge in [-0.25, -0.2) is 9.69 Å². The molecule has 0 spiro atoms. The number of aliphatic hydroxyl groups is 1. The van der Waals surface area contributed by atoms with Crippen LogP contribution < -0.4 is 4.90 Å². The Bertz CT molecular complexity index is 936. The Kier molecular flexibility index (Phi) is 4.96. The first-order valence-corrected chi connectivity index (χ1v) is 8.51. The van der Waals surface area contributed by atoms with Gasteiger partial charge in [-0.15, -0.1) is 0 Å². The van der Waals surface area contributed by atoms with E-state index in [1.165, 1.54) is 24.3 Å². The summed E-state index contributed by atoms with van der Waals surface area (Å²) in [5.74, 6) is -1.82. The molecule has 1 aliphatic heterocycles. The number of benzene rings is 2. The minimum atomic E-state index is -0.753. The number of rotatable bonds is 5. The highest BCUT2D eigenvalue weighted by Crippen LogP contribution is 2.32. The molecule has 27 heavy (non-hydrogen) atoms. The lowest BCUT2D eigenvalue weighted by atomic mass is 10.1. The van der Waals surface area contributed by atoms with Crippen LogP contribution in [0, 0.1) is 6.92 Å². The van der Waals surface area contributed by atoms with E-state index in [0.717, 1.165) is 4.90 Å². The van der Waals surface area contributed by atoms with E-state index in [1.54, 1.807) is 26.0 Å². The van der Waals surface area contributed by atoms with Crippen LogP contribution in [0.1, 0.15) is 50.0 Å². The number of imide groups is 1. The summed E-state index contributed by atoms with van der Waals surface area (Å²) in [6.07, 6.45) is -0.306. The van der Waals surface area contributed by atoms with Gasteiger partial charge in [-0.05, 0) is 43.2 Å². The van der Waals surface area contributed by atoms with E-state index in [0.29, 0.717) is 12.0 Å². The molecule has 2 N–H and O–H groups in total. The molecule has 7 heteroatoms. The maximum absolute atomic E-state index is 12.7. The second kappa shape index (κ2) is 7.20. The number of esters is 1. The van der Waals surface area contributed by atoms with Crippen molar-refractivity contribution in [3.8, 4) is 5.75 Å². The van der Waals surface area contributed by atoms with Crippen LogP contribution >= 0.6 is 0 Å². The maximum atomic E-state index is 12.7. The minimum Gasteiger partial charge on any atom is -0.508 e. The normalized spacial score (nSPS) is 14.3. The predicted molar refractivity (Wildman–Crippen MR) is 97.0 cm³/mol. The van der Waals surface area contributed by atoms with E-state index in [-0.39, 0.29) is 34.7 Å². The van der Waals surface area contributed by atoms with Gasteiger partial charge in [0.05, 0.1) is 28.5 Å². The Labute approximate surface area is 155 Å². The van der Waals surface area contributed by atoms with Gasteiger partial charge in [0, 0.05) is 6.07 Å². The maximum Gasteiger partial charge on any atom is 0.338 e. The molecule has 1 heterocycles. The quantitative estimate of drug-likeness (QED) is 0.620. The number of phenols is 1. The highest BCUT2D eigenvalue weighted by atomic mass is 16.5. The molecule has 140 valence electrons. The molecule has 0 radical (unpaired) electrons. The standard InChI is InChI=1S/C20H19NO6/c1-3-14(22)10-27-20(26)12-5-7-15-16(8-12)19(25)21(18(15)24)13-6-4-11(2)17(23)9-13/h4-9,14,22-23H,3,10H2,1-2H3. The number of aryl methyl sites for hydroxylation is 1. The number of amides is 2. The smallest absolute Gasteiger partial charge is 0.338 e. The van der Waals surface area contributed by atoms with Crippen molar-refractivity contribution in [1.82, 2.24) is 0 Å². The number of ether oxygens (including phenoxy) is 1. The zero-order chi connectivity index (χ0) is 19.7. The van der Waals surface area contributed by atoms with Crippen molar-refractivity contribution in [1.29, 1.82) is 0 Å². The Hall–Kier alpha value is -3.19. The van der Waals surface area contributed by atoms with Crippen LogP contribution in [-0.4, -0.2) is 40.7 Å². The highest BCUT2D eigenvalue weighted by Gasteiger charge is 2.37. The molecule has 0 fully saturated rings. The van der Waals surface area contributed by atoms with Crippen LogP contribution in [0.2, 0.25) is 0 Å². The van der Waals surface area contributed by atoms with Gasteiger partial charge in [-0.2, -0.15) is 0 Å². The molecule has 3 rings (SSSR count). The van der Waals surface area contributed by atoms with Gasteiger partial charge in [-0.3, -0.25) is 9.59 Å². The van der Waals surface area contributed by atoms with Crippen molar-refractivity contribution in [2.45, 2.75) is 26.4 Å². The first-order chi connectivity index (χ1) is 12.8. The molecule has 0 aliphatic carbocycles. The average Bonchev–Trinajstić information content (AvgIpc) is 2.92. The monoisotopic (exact) mass is 369 g/mol. The number of anilines is 1. The number of hydrogen-bond donors (Lipinski definition) is 2. The molecule has 0 bridgehead atoms. The number of fused-ring (bicyclic) bond motifs is 1. The van der Waals surface area contributed by atoms with Crippen LogP contribution in [0.4, 0.5) is 5.69 Å². The predicted octanol–water partition coefficient (Wildman–Crippen LogP) is 2.43. The molecule has 2 aromatic rings. The van der Waals surface area contributed by atoms with Gasteiger partial charge >= 0.3 is 5.97 Å². The number of aliphatic hydroxyl groups excluding tert-OH is 1. The summed E-state index contributed by atoms with van der Waals surface area (Å²) in [6, 6.07) is 8.63. The lowest BCUT2D eigenvalue weighted by molar-refractivity contribution is 0.0250. The number of hydrogen-bond acceptors (Lipinski definition) is 6. The second-order valence-corrected chi connectivity index (χ2v) is 6.34. The topological polar surface area (TPSA) is 104 Å². The summed E-state index contributed by atoms with van der Waals surface area (Å²) >= 11 is 0. The second-order valence-electron chi connectivity index (χ2n) is 6.34. The van der Waals surface area contributed by atoms with Gasteiger partial charge in [0.15, 0.2) is 0 Å². The van der Waals surface area contributed by atoms with Crippen molar-refractivity contribution in [2.24, 2.45) is 0 Å². The fraction of sp³-hybridized carbons (Fsp3) is 0.250. The van der Waals surface area contributed by atoms with E-state index < -0.39 is 23.9 Å². The van der Waals surface area contributed by atoms with Gasteiger partial charge in [-0.1, -0.05) is 13.0 Å². The third-order valence-electron chi connectivity index (χ3n) is 4.45. The Morgan fingerprint density at radius 3 is 2.48 bits per heavy atom. The summed E-state index contributed by atoms with van der Waals surface area (Å²) in [4.78, 5) is 38.4. The SMILES string of the molecule is CCC(O)COC(=O)c1ccc2c(c1)C(=O)N(c1ccc(C)c(O)c1)C2=O. The van der Waals surface area contributed by atoms with E-state index in [1.807, 2.05) is 0 Å². The van der Waals surface area contributed by atoms with Crippen molar-refractivity contribution < 1.29 is 29.3 Å². The summed E-state index contributed by atoms with van der Waals surface area (Å²) in [5.41, 5.74) is 1.25. The van der Waals surface area contributed by atoms with E-state index >= 15 is 0 Å². The first-order valence-electron chi connectivity index (χ1n) is 8.51. The van der Waals surface area contributed by atoms with Gasteiger partial charge in [0.1, 0.15) is 12.4 Å². The Balaban J connectivity index is 1.88. The van der Waals surface area contributed by atoms with Crippen LogP contribution in [0.25, 0.3) is 0 Å². The van der Waals surface area contributed by atoms with Crippen LogP contribution in [-0.2, 0) is 4.74 Å². The van der Waals surface area contributed by atoms with Crippen molar-refractivity contribution >= 4 is 23.5 Å². The molecule has 2 amide bonds. The lowest BCUT2D eigenvalue weighted by Gasteiger charge is -2.14. The average molecular weight is 369 g/mol. The van der Waals surface area contributed by atoms with Gasteiger partial charge in [0.25, 0.3) is 11.8 Å². The third-order valence-corrected chi connectivity index (χ3v) is 4.45. The Morgan fingerprint density at radius 2 is 1.81 bits per heavy atom. The van der Waals surface area contributed by atoms with E-state index in [9.17, 15) is 24.6 Å². The zero-order valence-corrected chi connectivity index (χ0v) is 14.9. The highest BCUT2D eigenvalue weighted by molar-refractivity contribution is 6.34. The third kappa shape index (κ3) is 3.41. The van der Waals surface area contributed by atoms with E-state index in [2.05, 4.69) is 0 Å². The molecule has 1 aliphatic rings. The summed E-state index contributed by atoms with van der Waals surface area (Å²) < 4.78 is 5.01. The number of phenolic OH excluding ortho intramolecular Hbond substituents is 1. The lowest BCUT2D eigenvalue weighted by Crippen LogP contribution is -2.29. The largest absolute Gasteiger partial charge is 0.508 e. The molecule has 7 nitrogen and oxygen atoms in total. The van der Waals surface area contributed by atoms with Crippen molar-refractivity contribution in [3.63, 3.8) is 0 Å². The molecular formula is C20H19NO6. The molecule has 0 saturated heterocycles. The van der Waals surface area contributed by atoms with E-state index in [4.69, 9.17) is 4.74 Å². The number of carbonyl (C=O) groups excluding carboxylic acids is 3. The van der Waals surface area contributed by atoms with Gasteiger partial charge in [0.2, 0.25) is 0 Å². The zero-order valence-electron chi connectivity index (χ0n) is 14.9. The Morgan fingerprint density at radius 1 is 1.11 bits per heavy atom. The van der Waals surface area contributed by atoms with Crippen molar-refractivity contribution in [3.05, 3.63) is 58.7 Å². The molecule has 2 aromatic carbocycles. The number of aromatic hydroxyl groups is 1. The summed E-state index contributed by atoms with van der Waals surface area (Å²) in [6.45, 7) is 3.32. The fourth-order valence-electron chi connectivity index (χ4n) is 2.71. The number of nitrogens with zero attached hydrogens (tertiary/aromatic N) is 1. The van der Waals surface area contributed by atoms with Crippen LogP contribution in [0.15, 0.2) is 36.4 Å². The molecule has 1 atom stereocenters. The molecule has 1 unspecified atom stereocenters. The number of carbonyl (C=O) groups is 3. The molecular weight excluding hydrogens is 350 g/mol.